The van der Waals surface area contributed by atoms with Gasteiger partial charge in [0.15, 0.2) is 11.9 Å². The van der Waals surface area contributed by atoms with E-state index in [1.807, 2.05) is 25.9 Å². The number of halogens is 1. The molecule has 0 bridgehead atoms. The predicted molar refractivity (Wildman–Crippen MR) is 83.2 cm³/mol. The monoisotopic (exact) mass is 321 g/mol. The highest BCUT2D eigenvalue weighted by atomic mass is 35.5. The van der Waals surface area contributed by atoms with Crippen LogP contribution in [0.5, 0.6) is 6.01 Å². The van der Waals surface area contributed by atoms with Crippen LogP contribution in [0.15, 0.2) is 30.5 Å². The standard InChI is InChI=1S/C15H16ClN3O3/c1-9(19(2)3)22-15-17-8-11(13(18-15)14(20)21)10-6-4-5-7-12(10)16/h4-9H,1-3H3,(H,20,21). The van der Waals surface area contributed by atoms with E-state index < -0.39 is 5.97 Å². The number of carboxylic acids is 1. The molecule has 1 atom stereocenters. The summed E-state index contributed by atoms with van der Waals surface area (Å²) in [6.45, 7) is 1.81. The van der Waals surface area contributed by atoms with Crippen molar-refractivity contribution in [3.63, 3.8) is 0 Å². The Morgan fingerprint density at radius 2 is 2.00 bits per heavy atom. The van der Waals surface area contributed by atoms with E-state index in [-0.39, 0.29) is 17.9 Å². The van der Waals surface area contributed by atoms with Gasteiger partial charge in [-0.3, -0.25) is 4.90 Å². The van der Waals surface area contributed by atoms with Crippen molar-refractivity contribution in [2.75, 3.05) is 14.1 Å². The van der Waals surface area contributed by atoms with Crippen LogP contribution in [0.25, 0.3) is 11.1 Å². The molecule has 2 aromatic rings. The van der Waals surface area contributed by atoms with E-state index in [1.54, 1.807) is 24.3 Å². The minimum absolute atomic E-state index is 0.00871. The van der Waals surface area contributed by atoms with Gasteiger partial charge in [0.2, 0.25) is 0 Å². The van der Waals surface area contributed by atoms with E-state index in [4.69, 9.17) is 16.3 Å². The highest BCUT2D eigenvalue weighted by molar-refractivity contribution is 6.33. The molecule has 6 nitrogen and oxygen atoms in total. The molecule has 22 heavy (non-hydrogen) atoms. The third kappa shape index (κ3) is 3.52. The van der Waals surface area contributed by atoms with Gasteiger partial charge in [-0.1, -0.05) is 29.8 Å². The number of hydrogen-bond acceptors (Lipinski definition) is 5. The molecule has 0 amide bonds. The van der Waals surface area contributed by atoms with Crippen molar-refractivity contribution in [2.45, 2.75) is 13.2 Å². The van der Waals surface area contributed by atoms with E-state index >= 15 is 0 Å². The van der Waals surface area contributed by atoms with Crippen molar-refractivity contribution >= 4 is 17.6 Å². The molecule has 116 valence electrons. The Kier molecular flexibility index (Phi) is 4.95. The minimum Gasteiger partial charge on any atom is -0.476 e. The van der Waals surface area contributed by atoms with E-state index in [2.05, 4.69) is 9.97 Å². The Hall–Kier alpha value is -2.18. The molecular formula is C15H16ClN3O3. The normalized spacial score (nSPS) is 12.2. The van der Waals surface area contributed by atoms with E-state index in [0.717, 1.165) is 0 Å². The number of aromatic nitrogens is 2. The third-order valence-electron chi connectivity index (χ3n) is 3.14. The van der Waals surface area contributed by atoms with Crippen molar-refractivity contribution in [1.29, 1.82) is 0 Å². The van der Waals surface area contributed by atoms with Crippen LogP contribution in [-0.2, 0) is 0 Å². The topological polar surface area (TPSA) is 75.5 Å². The van der Waals surface area contributed by atoms with E-state index in [1.165, 1.54) is 6.20 Å². The fraction of sp³-hybridized carbons (Fsp3) is 0.267. The van der Waals surface area contributed by atoms with Gasteiger partial charge in [-0.25, -0.2) is 9.78 Å². The maximum absolute atomic E-state index is 11.5. The highest BCUT2D eigenvalue weighted by Crippen LogP contribution is 2.30. The molecule has 1 aromatic heterocycles. The first-order chi connectivity index (χ1) is 10.4. The van der Waals surface area contributed by atoms with Gasteiger partial charge < -0.3 is 9.84 Å². The Morgan fingerprint density at radius 1 is 1.32 bits per heavy atom. The van der Waals surface area contributed by atoms with Gasteiger partial charge in [-0.2, -0.15) is 4.98 Å². The van der Waals surface area contributed by atoms with Gasteiger partial charge in [0.25, 0.3) is 0 Å². The molecule has 1 heterocycles. The van der Waals surface area contributed by atoms with Crippen LogP contribution >= 0.6 is 11.6 Å². The smallest absolute Gasteiger partial charge is 0.355 e. The summed E-state index contributed by atoms with van der Waals surface area (Å²) >= 11 is 6.11. The van der Waals surface area contributed by atoms with Gasteiger partial charge >= 0.3 is 12.0 Å². The Balaban J connectivity index is 2.45. The second kappa shape index (κ2) is 6.72. The molecule has 2 rings (SSSR count). The predicted octanol–water partition coefficient (Wildman–Crippen LogP) is 2.78. The molecule has 1 N–H and O–H groups in total. The molecule has 0 aliphatic rings. The lowest BCUT2D eigenvalue weighted by atomic mass is 10.1. The van der Waals surface area contributed by atoms with Crippen LogP contribution in [0.4, 0.5) is 0 Å². The SMILES string of the molecule is CC(Oc1ncc(-c2ccccc2Cl)c(C(=O)O)n1)N(C)C. The molecule has 0 aliphatic heterocycles. The molecular weight excluding hydrogens is 306 g/mol. The van der Waals surface area contributed by atoms with Gasteiger partial charge in [-0.15, -0.1) is 0 Å². The Morgan fingerprint density at radius 3 is 2.59 bits per heavy atom. The lowest BCUT2D eigenvalue weighted by Gasteiger charge is -2.20. The van der Waals surface area contributed by atoms with Crippen LogP contribution < -0.4 is 4.74 Å². The van der Waals surface area contributed by atoms with Crippen LogP contribution in [0.1, 0.15) is 17.4 Å². The average Bonchev–Trinajstić information content (AvgIpc) is 2.47. The molecule has 0 fully saturated rings. The number of ether oxygens (including phenoxy) is 1. The summed E-state index contributed by atoms with van der Waals surface area (Å²) in [6, 6.07) is 6.95. The summed E-state index contributed by atoms with van der Waals surface area (Å²) in [6.07, 6.45) is 1.13. The van der Waals surface area contributed by atoms with Crippen molar-refractivity contribution in [2.24, 2.45) is 0 Å². The lowest BCUT2D eigenvalue weighted by molar-refractivity contribution is 0.0653. The number of carbonyl (C=O) groups is 1. The van der Waals surface area contributed by atoms with Crippen molar-refractivity contribution < 1.29 is 14.6 Å². The number of rotatable bonds is 5. The number of benzene rings is 1. The van der Waals surface area contributed by atoms with Gasteiger partial charge in [-0.05, 0) is 27.1 Å². The summed E-state index contributed by atoms with van der Waals surface area (Å²) in [5.41, 5.74) is 0.765. The zero-order chi connectivity index (χ0) is 16.3. The Labute approximate surface area is 133 Å². The molecule has 1 aromatic carbocycles. The molecule has 7 heteroatoms. The molecule has 0 spiro atoms. The van der Waals surface area contributed by atoms with Crippen LogP contribution in [0.2, 0.25) is 5.02 Å². The molecule has 0 saturated heterocycles. The molecule has 0 radical (unpaired) electrons. The summed E-state index contributed by atoms with van der Waals surface area (Å²) in [5.74, 6) is -1.17. The highest BCUT2D eigenvalue weighted by Gasteiger charge is 2.19. The Bertz CT molecular complexity index is 691. The zero-order valence-corrected chi connectivity index (χ0v) is 13.2. The summed E-state index contributed by atoms with van der Waals surface area (Å²) in [5, 5.41) is 9.82. The summed E-state index contributed by atoms with van der Waals surface area (Å²) < 4.78 is 5.50. The maximum atomic E-state index is 11.5. The van der Waals surface area contributed by atoms with Gasteiger partial charge in [0, 0.05) is 22.3 Å². The largest absolute Gasteiger partial charge is 0.476 e. The van der Waals surface area contributed by atoms with E-state index in [9.17, 15) is 9.90 Å². The zero-order valence-electron chi connectivity index (χ0n) is 12.4. The van der Waals surface area contributed by atoms with Crippen LogP contribution in [-0.4, -0.2) is 46.3 Å². The molecule has 0 aliphatic carbocycles. The quantitative estimate of drug-likeness (QED) is 0.853. The number of carboxylic acid groups (broad SMARTS) is 1. The fourth-order valence-electron chi connectivity index (χ4n) is 1.72. The second-order valence-corrected chi connectivity index (χ2v) is 5.29. The average molecular weight is 322 g/mol. The second-order valence-electron chi connectivity index (χ2n) is 4.88. The van der Waals surface area contributed by atoms with E-state index in [0.29, 0.717) is 16.1 Å². The number of hydrogen-bond donors (Lipinski definition) is 1. The first-order valence-corrected chi connectivity index (χ1v) is 6.96. The maximum Gasteiger partial charge on any atom is 0.355 e. The van der Waals surface area contributed by atoms with Gasteiger partial charge in [0.05, 0.1) is 0 Å². The summed E-state index contributed by atoms with van der Waals surface area (Å²) in [7, 11) is 3.67. The van der Waals surface area contributed by atoms with Gasteiger partial charge in [0.1, 0.15) is 0 Å². The third-order valence-corrected chi connectivity index (χ3v) is 3.47. The summed E-state index contributed by atoms with van der Waals surface area (Å²) in [4.78, 5) is 21.4. The first-order valence-electron chi connectivity index (χ1n) is 6.58. The molecule has 1 unspecified atom stereocenters. The number of aromatic carboxylic acids is 1. The van der Waals surface area contributed by atoms with Crippen molar-refractivity contribution in [3.8, 4) is 17.1 Å². The fourth-order valence-corrected chi connectivity index (χ4v) is 1.96. The number of nitrogens with zero attached hydrogens (tertiary/aromatic N) is 3. The van der Waals surface area contributed by atoms with Crippen molar-refractivity contribution in [1.82, 2.24) is 14.9 Å². The lowest BCUT2D eigenvalue weighted by Crippen LogP contribution is -2.30. The van der Waals surface area contributed by atoms with Crippen LogP contribution in [0.3, 0.4) is 0 Å². The minimum atomic E-state index is -1.17. The first kappa shape index (κ1) is 16.2. The molecule has 0 saturated carbocycles. The van der Waals surface area contributed by atoms with Crippen molar-refractivity contribution in [3.05, 3.63) is 41.2 Å². The van der Waals surface area contributed by atoms with Crippen LogP contribution in [0, 0.1) is 0 Å².